The van der Waals surface area contributed by atoms with E-state index in [1.54, 1.807) is 17.0 Å². The fourth-order valence-corrected chi connectivity index (χ4v) is 2.46. The average molecular weight is 280 g/mol. The Kier molecular flexibility index (Phi) is 4.95. The molecule has 0 radical (unpaired) electrons. The van der Waals surface area contributed by atoms with Gasteiger partial charge in [0, 0.05) is 25.2 Å². The first-order chi connectivity index (χ1) is 9.56. The predicted octanol–water partition coefficient (Wildman–Crippen LogP) is 1.79. The van der Waals surface area contributed by atoms with Gasteiger partial charge in [0.1, 0.15) is 11.6 Å². The summed E-state index contributed by atoms with van der Waals surface area (Å²) in [6.07, 6.45) is 2.03. The number of nitrogens with two attached hydrogens (primary N) is 1. The van der Waals surface area contributed by atoms with Crippen LogP contribution in [0.25, 0.3) is 0 Å². The highest BCUT2D eigenvalue weighted by Crippen LogP contribution is 2.19. The number of piperidine rings is 1. The van der Waals surface area contributed by atoms with Gasteiger partial charge in [0.15, 0.2) is 6.61 Å². The zero-order valence-electron chi connectivity index (χ0n) is 11.7. The molecule has 1 saturated heterocycles. The molecule has 1 aromatic carbocycles. The number of hydrogen-bond acceptors (Lipinski definition) is 3. The lowest BCUT2D eigenvalue weighted by molar-refractivity contribution is -0.135. The summed E-state index contributed by atoms with van der Waals surface area (Å²) in [4.78, 5) is 13.9. The first-order valence-corrected chi connectivity index (χ1v) is 6.98. The molecule has 110 valence electrons. The monoisotopic (exact) mass is 280 g/mol. The Bertz CT molecular complexity index is 465. The second-order valence-electron chi connectivity index (χ2n) is 5.35. The van der Waals surface area contributed by atoms with Crippen LogP contribution in [0.15, 0.2) is 24.3 Å². The Morgan fingerprint density at radius 2 is 2.40 bits per heavy atom. The molecule has 0 spiro atoms. The van der Waals surface area contributed by atoms with Gasteiger partial charge in [-0.05, 0) is 37.8 Å². The fourth-order valence-electron chi connectivity index (χ4n) is 2.46. The van der Waals surface area contributed by atoms with Gasteiger partial charge in [0.25, 0.3) is 5.91 Å². The van der Waals surface area contributed by atoms with Gasteiger partial charge in [-0.15, -0.1) is 0 Å². The fraction of sp³-hybridized carbons (Fsp3) is 0.533. The van der Waals surface area contributed by atoms with Gasteiger partial charge in [-0.1, -0.05) is 6.07 Å². The van der Waals surface area contributed by atoms with Crippen LogP contribution in [0.3, 0.4) is 0 Å². The Morgan fingerprint density at radius 3 is 3.10 bits per heavy atom. The van der Waals surface area contributed by atoms with Gasteiger partial charge in [-0.3, -0.25) is 4.79 Å². The molecule has 1 amide bonds. The van der Waals surface area contributed by atoms with Crippen molar-refractivity contribution in [3.05, 3.63) is 30.1 Å². The number of nitrogens with zero attached hydrogens (tertiary/aromatic N) is 1. The molecule has 0 bridgehead atoms. The molecule has 20 heavy (non-hydrogen) atoms. The average Bonchev–Trinajstić information content (AvgIpc) is 2.45. The van der Waals surface area contributed by atoms with E-state index >= 15 is 0 Å². The van der Waals surface area contributed by atoms with Crippen LogP contribution in [0.5, 0.6) is 5.75 Å². The Morgan fingerprint density at radius 1 is 1.60 bits per heavy atom. The lowest BCUT2D eigenvalue weighted by atomic mass is 9.92. The molecule has 0 unspecified atom stereocenters. The highest BCUT2D eigenvalue weighted by atomic mass is 19.1. The maximum absolute atomic E-state index is 13.0. The number of hydrogen-bond donors (Lipinski definition) is 1. The topological polar surface area (TPSA) is 55.6 Å². The quantitative estimate of drug-likeness (QED) is 0.915. The van der Waals surface area contributed by atoms with Crippen LogP contribution in [0, 0.1) is 11.7 Å². The minimum atomic E-state index is -0.370. The minimum Gasteiger partial charge on any atom is -0.484 e. The number of carbonyl (C=O) groups excluding carboxylic acids is 1. The van der Waals surface area contributed by atoms with Crippen molar-refractivity contribution >= 4 is 5.91 Å². The highest BCUT2D eigenvalue weighted by Gasteiger charge is 2.25. The van der Waals surface area contributed by atoms with E-state index in [0.29, 0.717) is 18.2 Å². The summed E-state index contributed by atoms with van der Waals surface area (Å²) in [5.41, 5.74) is 5.90. The van der Waals surface area contributed by atoms with E-state index in [1.165, 1.54) is 12.1 Å². The Labute approximate surface area is 118 Å². The third kappa shape index (κ3) is 3.93. The van der Waals surface area contributed by atoms with Crippen molar-refractivity contribution in [2.75, 3.05) is 19.7 Å². The zero-order chi connectivity index (χ0) is 14.5. The second-order valence-corrected chi connectivity index (χ2v) is 5.35. The largest absolute Gasteiger partial charge is 0.484 e. The van der Waals surface area contributed by atoms with Crippen LogP contribution in [-0.2, 0) is 4.79 Å². The molecular weight excluding hydrogens is 259 g/mol. The molecule has 0 saturated carbocycles. The summed E-state index contributed by atoms with van der Waals surface area (Å²) in [6.45, 7) is 3.34. The van der Waals surface area contributed by atoms with Crippen molar-refractivity contribution < 1.29 is 13.9 Å². The molecule has 1 heterocycles. The molecule has 2 rings (SSSR count). The molecule has 0 aliphatic carbocycles. The van der Waals surface area contributed by atoms with Crippen molar-refractivity contribution in [1.82, 2.24) is 4.90 Å². The smallest absolute Gasteiger partial charge is 0.260 e. The van der Waals surface area contributed by atoms with Gasteiger partial charge >= 0.3 is 0 Å². The van der Waals surface area contributed by atoms with Crippen molar-refractivity contribution in [1.29, 1.82) is 0 Å². The summed E-state index contributed by atoms with van der Waals surface area (Å²) in [6, 6.07) is 5.90. The van der Waals surface area contributed by atoms with Crippen molar-refractivity contribution in [2.24, 2.45) is 11.7 Å². The van der Waals surface area contributed by atoms with Crippen LogP contribution < -0.4 is 10.5 Å². The lowest BCUT2D eigenvalue weighted by Gasteiger charge is -2.34. The van der Waals surface area contributed by atoms with Gasteiger partial charge in [-0.25, -0.2) is 4.39 Å². The molecule has 1 aliphatic heterocycles. The second kappa shape index (κ2) is 6.70. The van der Waals surface area contributed by atoms with Crippen LogP contribution in [0.4, 0.5) is 4.39 Å². The van der Waals surface area contributed by atoms with E-state index in [2.05, 4.69) is 0 Å². The van der Waals surface area contributed by atoms with E-state index in [1.807, 2.05) is 6.92 Å². The number of carbonyl (C=O) groups is 1. The Balaban J connectivity index is 1.85. The summed E-state index contributed by atoms with van der Waals surface area (Å²) in [5.74, 6) is 0.283. The highest BCUT2D eigenvalue weighted by molar-refractivity contribution is 5.77. The SMILES string of the molecule is C[C@@H](N)[C@H]1CCCN(C(=O)COc2cccc(F)c2)C1. The number of halogens is 1. The van der Waals surface area contributed by atoms with Crippen LogP contribution in [0.1, 0.15) is 19.8 Å². The molecular formula is C15H21FN2O2. The zero-order valence-corrected chi connectivity index (χ0v) is 11.7. The van der Waals surface area contributed by atoms with Crippen molar-refractivity contribution in [2.45, 2.75) is 25.8 Å². The standard InChI is InChI=1S/C15H21FN2O2/c1-11(17)12-4-3-7-18(9-12)15(19)10-20-14-6-2-5-13(16)8-14/h2,5-6,8,11-12H,3-4,7,9-10,17H2,1H3/t11-,12+/m1/s1. The molecule has 5 heteroatoms. The van der Waals surface area contributed by atoms with Crippen LogP contribution in [0.2, 0.25) is 0 Å². The molecule has 1 aromatic rings. The van der Waals surface area contributed by atoms with E-state index in [0.717, 1.165) is 19.4 Å². The molecule has 1 aliphatic rings. The van der Waals surface area contributed by atoms with Crippen molar-refractivity contribution in [3.63, 3.8) is 0 Å². The van der Waals surface area contributed by atoms with E-state index in [-0.39, 0.29) is 24.4 Å². The summed E-state index contributed by atoms with van der Waals surface area (Å²) < 4.78 is 18.3. The van der Waals surface area contributed by atoms with E-state index in [4.69, 9.17) is 10.5 Å². The molecule has 0 aromatic heterocycles. The molecule has 4 nitrogen and oxygen atoms in total. The van der Waals surface area contributed by atoms with Gasteiger partial charge in [-0.2, -0.15) is 0 Å². The third-order valence-corrected chi connectivity index (χ3v) is 3.71. The molecule has 2 atom stereocenters. The van der Waals surface area contributed by atoms with E-state index in [9.17, 15) is 9.18 Å². The number of benzene rings is 1. The summed E-state index contributed by atoms with van der Waals surface area (Å²) in [7, 11) is 0. The third-order valence-electron chi connectivity index (χ3n) is 3.71. The van der Waals surface area contributed by atoms with Crippen LogP contribution in [-0.4, -0.2) is 36.5 Å². The van der Waals surface area contributed by atoms with Crippen LogP contribution >= 0.6 is 0 Å². The molecule has 1 fully saturated rings. The maximum atomic E-state index is 13.0. The maximum Gasteiger partial charge on any atom is 0.260 e. The summed E-state index contributed by atoms with van der Waals surface area (Å²) >= 11 is 0. The minimum absolute atomic E-state index is 0.0604. The summed E-state index contributed by atoms with van der Waals surface area (Å²) in [5, 5.41) is 0. The number of ether oxygens (including phenoxy) is 1. The number of rotatable bonds is 4. The number of likely N-dealkylation sites (tertiary alicyclic amines) is 1. The first-order valence-electron chi connectivity index (χ1n) is 6.98. The van der Waals surface area contributed by atoms with Crippen molar-refractivity contribution in [3.8, 4) is 5.75 Å². The normalized spacial score (nSPS) is 20.6. The van der Waals surface area contributed by atoms with Gasteiger partial charge in [0.2, 0.25) is 0 Å². The predicted molar refractivity (Wildman–Crippen MR) is 74.8 cm³/mol. The van der Waals surface area contributed by atoms with E-state index < -0.39 is 0 Å². The molecule has 2 N–H and O–H groups in total. The Hall–Kier alpha value is -1.62. The van der Waals surface area contributed by atoms with Gasteiger partial charge < -0.3 is 15.4 Å². The first kappa shape index (κ1) is 14.8. The lowest BCUT2D eigenvalue weighted by Crippen LogP contribution is -2.46. The number of amides is 1. The van der Waals surface area contributed by atoms with Gasteiger partial charge in [0.05, 0.1) is 0 Å².